The van der Waals surface area contributed by atoms with Gasteiger partial charge in [-0.1, -0.05) is 0 Å². The summed E-state index contributed by atoms with van der Waals surface area (Å²) >= 11 is 0. The Bertz CT molecular complexity index is 245. The lowest BCUT2D eigenvalue weighted by Crippen LogP contribution is -2.42. The maximum atomic E-state index is 11.2. The standard InChI is InChI=1S/C9H17N3O3/c10-9(15)7(13)5-12-6-2-1-3-11-8(14)4-6/h6-7,12-13H,1-5H2,(H2,10,15)(H,11,14). The van der Waals surface area contributed by atoms with Crippen LogP contribution in [0.2, 0.25) is 0 Å². The Kier molecular flexibility index (Phi) is 4.51. The first-order valence-corrected chi connectivity index (χ1v) is 5.07. The lowest BCUT2D eigenvalue weighted by molar-refractivity contribution is -0.125. The molecule has 6 heteroatoms. The Morgan fingerprint density at radius 1 is 1.73 bits per heavy atom. The van der Waals surface area contributed by atoms with Gasteiger partial charge in [-0.15, -0.1) is 0 Å². The number of rotatable bonds is 4. The molecule has 0 spiro atoms. The van der Waals surface area contributed by atoms with Crippen molar-refractivity contribution in [2.75, 3.05) is 13.1 Å². The van der Waals surface area contributed by atoms with Gasteiger partial charge in [0.15, 0.2) is 0 Å². The van der Waals surface area contributed by atoms with Gasteiger partial charge in [-0.3, -0.25) is 9.59 Å². The SMILES string of the molecule is NC(=O)C(O)CNC1CCCNC(=O)C1. The molecule has 0 aromatic carbocycles. The number of carbonyl (C=O) groups excluding carboxylic acids is 2. The molecule has 86 valence electrons. The van der Waals surface area contributed by atoms with Crippen LogP contribution in [0.1, 0.15) is 19.3 Å². The third kappa shape index (κ3) is 4.26. The molecule has 1 aliphatic heterocycles. The minimum absolute atomic E-state index is 0.00133. The number of amides is 2. The number of nitrogens with one attached hydrogen (secondary N) is 2. The van der Waals surface area contributed by atoms with Gasteiger partial charge in [0.05, 0.1) is 0 Å². The summed E-state index contributed by atoms with van der Waals surface area (Å²) in [5, 5.41) is 14.9. The third-order valence-corrected chi connectivity index (χ3v) is 2.41. The fraction of sp³-hybridized carbons (Fsp3) is 0.778. The fourth-order valence-electron chi connectivity index (χ4n) is 1.53. The summed E-state index contributed by atoms with van der Waals surface area (Å²) in [6, 6.07) is 0.0153. The van der Waals surface area contributed by atoms with Crippen molar-refractivity contribution in [1.82, 2.24) is 10.6 Å². The average Bonchev–Trinajstić information content (AvgIpc) is 2.38. The van der Waals surface area contributed by atoms with E-state index < -0.39 is 12.0 Å². The van der Waals surface area contributed by atoms with Crippen molar-refractivity contribution in [1.29, 1.82) is 0 Å². The van der Waals surface area contributed by atoms with Gasteiger partial charge in [0.25, 0.3) is 0 Å². The lowest BCUT2D eigenvalue weighted by Gasteiger charge is -2.16. The Balaban J connectivity index is 2.30. The zero-order valence-corrected chi connectivity index (χ0v) is 8.53. The van der Waals surface area contributed by atoms with Crippen LogP contribution in [0.4, 0.5) is 0 Å². The maximum absolute atomic E-state index is 11.2. The normalized spacial score (nSPS) is 24.1. The Morgan fingerprint density at radius 3 is 3.13 bits per heavy atom. The average molecular weight is 215 g/mol. The van der Waals surface area contributed by atoms with Crippen molar-refractivity contribution in [2.45, 2.75) is 31.4 Å². The number of primary amides is 1. The predicted octanol–water partition coefficient (Wildman–Crippen LogP) is -1.91. The van der Waals surface area contributed by atoms with Crippen molar-refractivity contribution in [3.05, 3.63) is 0 Å². The van der Waals surface area contributed by atoms with E-state index in [0.29, 0.717) is 13.0 Å². The number of hydrogen-bond acceptors (Lipinski definition) is 4. The molecule has 2 unspecified atom stereocenters. The molecular formula is C9H17N3O3. The summed E-state index contributed by atoms with van der Waals surface area (Å²) in [5.41, 5.74) is 4.90. The second kappa shape index (κ2) is 5.67. The summed E-state index contributed by atoms with van der Waals surface area (Å²) in [7, 11) is 0. The van der Waals surface area contributed by atoms with E-state index >= 15 is 0 Å². The highest BCUT2D eigenvalue weighted by atomic mass is 16.3. The van der Waals surface area contributed by atoms with E-state index in [1.54, 1.807) is 0 Å². The molecule has 0 radical (unpaired) electrons. The summed E-state index contributed by atoms with van der Waals surface area (Å²) in [6.45, 7) is 0.794. The monoisotopic (exact) mass is 215 g/mol. The first kappa shape index (κ1) is 11.9. The van der Waals surface area contributed by atoms with Crippen LogP contribution in [0.3, 0.4) is 0 Å². The van der Waals surface area contributed by atoms with E-state index in [4.69, 9.17) is 10.8 Å². The second-order valence-corrected chi connectivity index (χ2v) is 3.72. The summed E-state index contributed by atoms with van der Waals surface area (Å²) in [5.74, 6) is -0.751. The second-order valence-electron chi connectivity index (χ2n) is 3.72. The molecule has 1 saturated heterocycles. The molecule has 6 nitrogen and oxygen atoms in total. The lowest BCUT2D eigenvalue weighted by atomic mass is 10.1. The molecule has 0 saturated carbocycles. The van der Waals surface area contributed by atoms with E-state index in [1.165, 1.54) is 0 Å². The van der Waals surface area contributed by atoms with Crippen LogP contribution < -0.4 is 16.4 Å². The fourth-order valence-corrected chi connectivity index (χ4v) is 1.53. The number of aliphatic hydroxyl groups is 1. The zero-order valence-electron chi connectivity index (χ0n) is 8.53. The van der Waals surface area contributed by atoms with E-state index in [-0.39, 0.29) is 18.5 Å². The molecule has 2 amide bonds. The minimum atomic E-state index is -1.18. The molecule has 15 heavy (non-hydrogen) atoms. The van der Waals surface area contributed by atoms with Gasteiger partial charge in [0.1, 0.15) is 6.10 Å². The number of hydrogen-bond donors (Lipinski definition) is 4. The molecule has 2 atom stereocenters. The molecule has 1 fully saturated rings. The molecular weight excluding hydrogens is 198 g/mol. The van der Waals surface area contributed by atoms with Crippen molar-refractivity contribution in [3.8, 4) is 0 Å². The Morgan fingerprint density at radius 2 is 2.47 bits per heavy atom. The van der Waals surface area contributed by atoms with Crippen LogP contribution in [0, 0.1) is 0 Å². The Hall–Kier alpha value is -1.14. The van der Waals surface area contributed by atoms with Crippen LogP contribution in [0.25, 0.3) is 0 Å². The van der Waals surface area contributed by atoms with E-state index in [2.05, 4.69) is 10.6 Å². The quantitative estimate of drug-likeness (QED) is 0.439. The summed E-state index contributed by atoms with van der Waals surface area (Å²) in [6.07, 6.45) is 0.947. The smallest absolute Gasteiger partial charge is 0.247 e. The molecule has 1 aliphatic rings. The van der Waals surface area contributed by atoms with Crippen LogP contribution in [-0.2, 0) is 9.59 Å². The van der Waals surface area contributed by atoms with Gasteiger partial charge >= 0.3 is 0 Å². The molecule has 0 bridgehead atoms. The minimum Gasteiger partial charge on any atom is -0.382 e. The van der Waals surface area contributed by atoms with Crippen molar-refractivity contribution in [3.63, 3.8) is 0 Å². The summed E-state index contributed by atoms with van der Waals surface area (Å²) in [4.78, 5) is 21.7. The van der Waals surface area contributed by atoms with E-state index in [9.17, 15) is 9.59 Å². The highest BCUT2D eigenvalue weighted by molar-refractivity contribution is 5.79. The maximum Gasteiger partial charge on any atom is 0.247 e. The first-order chi connectivity index (χ1) is 7.09. The van der Waals surface area contributed by atoms with Gasteiger partial charge in [-0.2, -0.15) is 0 Å². The van der Waals surface area contributed by atoms with Gasteiger partial charge in [0, 0.05) is 25.6 Å². The van der Waals surface area contributed by atoms with Crippen molar-refractivity contribution in [2.24, 2.45) is 5.73 Å². The van der Waals surface area contributed by atoms with Crippen molar-refractivity contribution < 1.29 is 14.7 Å². The molecule has 0 aromatic rings. The van der Waals surface area contributed by atoms with E-state index in [0.717, 1.165) is 12.8 Å². The highest BCUT2D eigenvalue weighted by Gasteiger charge is 2.19. The molecule has 1 heterocycles. The topological polar surface area (TPSA) is 104 Å². The van der Waals surface area contributed by atoms with Gasteiger partial charge < -0.3 is 21.5 Å². The van der Waals surface area contributed by atoms with Crippen LogP contribution >= 0.6 is 0 Å². The Labute approximate surface area is 88.2 Å². The molecule has 0 aromatic heterocycles. The van der Waals surface area contributed by atoms with Crippen molar-refractivity contribution >= 4 is 11.8 Å². The predicted molar refractivity (Wildman–Crippen MR) is 53.9 cm³/mol. The van der Waals surface area contributed by atoms with Crippen LogP contribution in [0.15, 0.2) is 0 Å². The number of nitrogens with two attached hydrogens (primary N) is 1. The van der Waals surface area contributed by atoms with Crippen LogP contribution in [-0.4, -0.2) is 42.2 Å². The van der Waals surface area contributed by atoms with Gasteiger partial charge in [-0.25, -0.2) is 0 Å². The number of aliphatic hydroxyl groups excluding tert-OH is 1. The van der Waals surface area contributed by atoms with Crippen LogP contribution in [0.5, 0.6) is 0 Å². The highest BCUT2D eigenvalue weighted by Crippen LogP contribution is 2.05. The third-order valence-electron chi connectivity index (χ3n) is 2.41. The van der Waals surface area contributed by atoms with Gasteiger partial charge in [-0.05, 0) is 12.8 Å². The van der Waals surface area contributed by atoms with Gasteiger partial charge in [0.2, 0.25) is 11.8 Å². The zero-order chi connectivity index (χ0) is 11.3. The first-order valence-electron chi connectivity index (χ1n) is 5.07. The molecule has 0 aliphatic carbocycles. The molecule has 1 rings (SSSR count). The van der Waals surface area contributed by atoms with E-state index in [1.807, 2.05) is 0 Å². The number of carbonyl (C=O) groups is 2. The summed E-state index contributed by atoms with van der Waals surface area (Å²) < 4.78 is 0. The molecule has 5 N–H and O–H groups in total. The largest absolute Gasteiger partial charge is 0.382 e.